The molecule has 0 aromatic heterocycles. The van der Waals surface area contributed by atoms with Crippen LogP contribution in [0.4, 0.5) is 5.69 Å². The molecular formula is C25H23N3O6. The largest absolute Gasteiger partial charge is 0.497 e. The molecule has 0 aliphatic carbocycles. The molecule has 0 radical (unpaired) electrons. The molecule has 0 aliphatic heterocycles. The van der Waals surface area contributed by atoms with E-state index < -0.39 is 17.8 Å². The Morgan fingerprint density at radius 1 is 0.882 bits per heavy atom. The summed E-state index contributed by atoms with van der Waals surface area (Å²) < 4.78 is 15.8. The summed E-state index contributed by atoms with van der Waals surface area (Å²) in [5.74, 6) is -0.757. The SMILES string of the molecule is CCOc1ccc(NC(=O)C(=O)N/N=C/c2cccc(OC(=O)c3ccc(OC)cc3)c2)cc1. The molecule has 0 atom stereocenters. The van der Waals surface area contributed by atoms with Crippen molar-refractivity contribution >= 4 is 29.7 Å². The summed E-state index contributed by atoms with van der Waals surface area (Å²) in [5, 5.41) is 6.25. The number of carbonyl (C=O) groups excluding carboxylic acids is 3. The van der Waals surface area contributed by atoms with Crippen molar-refractivity contribution in [3.05, 3.63) is 83.9 Å². The summed E-state index contributed by atoms with van der Waals surface area (Å²) in [6.45, 7) is 2.39. The quantitative estimate of drug-likeness (QED) is 0.175. The topological polar surface area (TPSA) is 115 Å². The highest BCUT2D eigenvalue weighted by molar-refractivity contribution is 6.39. The van der Waals surface area contributed by atoms with Gasteiger partial charge in [-0.05, 0) is 73.2 Å². The molecule has 0 spiro atoms. The van der Waals surface area contributed by atoms with E-state index in [1.54, 1.807) is 72.8 Å². The first kappa shape index (κ1) is 24.0. The zero-order chi connectivity index (χ0) is 24.3. The second-order valence-electron chi connectivity index (χ2n) is 6.80. The third-order valence-corrected chi connectivity index (χ3v) is 4.40. The highest BCUT2D eigenvalue weighted by Gasteiger charge is 2.13. The molecule has 0 heterocycles. The second-order valence-corrected chi connectivity index (χ2v) is 6.80. The van der Waals surface area contributed by atoms with E-state index in [0.717, 1.165) is 0 Å². The van der Waals surface area contributed by atoms with E-state index in [0.29, 0.717) is 40.7 Å². The van der Waals surface area contributed by atoms with E-state index in [2.05, 4.69) is 15.8 Å². The first-order valence-corrected chi connectivity index (χ1v) is 10.3. The van der Waals surface area contributed by atoms with Crippen LogP contribution in [0.1, 0.15) is 22.8 Å². The molecule has 2 amide bonds. The lowest BCUT2D eigenvalue weighted by molar-refractivity contribution is -0.136. The predicted molar refractivity (Wildman–Crippen MR) is 126 cm³/mol. The van der Waals surface area contributed by atoms with Crippen molar-refractivity contribution in [3.63, 3.8) is 0 Å². The van der Waals surface area contributed by atoms with Gasteiger partial charge in [-0.15, -0.1) is 0 Å². The molecule has 0 bridgehead atoms. The molecule has 0 unspecified atom stereocenters. The minimum absolute atomic E-state index is 0.296. The lowest BCUT2D eigenvalue weighted by atomic mass is 10.2. The summed E-state index contributed by atoms with van der Waals surface area (Å²) in [6, 6.07) is 19.7. The number of ether oxygens (including phenoxy) is 3. The van der Waals surface area contributed by atoms with Crippen molar-refractivity contribution in [2.24, 2.45) is 5.10 Å². The number of esters is 1. The van der Waals surface area contributed by atoms with Crippen molar-refractivity contribution in [3.8, 4) is 17.2 Å². The maximum absolute atomic E-state index is 12.3. The molecule has 174 valence electrons. The van der Waals surface area contributed by atoms with Crippen LogP contribution in [0.15, 0.2) is 77.9 Å². The van der Waals surface area contributed by atoms with Crippen molar-refractivity contribution in [2.45, 2.75) is 6.92 Å². The number of hydrogen-bond acceptors (Lipinski definition) is 7. The van der Waals surface area contributed by atoms with Crippen LogP contribution in [0.2, 0.25) is 0 Å². The Hall–Kier alpha value is -4.66. The van der Waals surface area contributed by atoms with Crippen molar-refractivity contribution in [1.82, 2.24) is 5.43 Å². The van der Waals surface area contributed by atoms with Crippen molar-refractivity contribution in [1.29, 1.82) is 0 Å². The number of hydrazone groups is 1. The van der Waals surface area contributed by atoms with Gasteiger partial charge in [0.2, 0.25) is 0 Å². The van der Waals surface area contributed by atoms with E-state index in [1.165, 1.54) is 13.3 Å². The molecule has 0 saturated heterocycles. The van der Waals surface area contributed by atoms with E-state index >= 15 is 0 Å². The molecule has 3 aromatic rings. The van der Waals surface area contributed by atoms with E-state index in [-0.39, 0.29) is 0 Å². The van der Waals surface area contributed by atoms with E-state index in [1.807, 2.05) is 6.92 Å². The number of nitrogens with one attached hydrogen (secondary N) is 2. The summed E-state index contributed by atoms with van der Waals surface area (Å²) in [7, 11) is 1.54. The number of anilines is 1. The molecule has 3 rings (SSSR count). The minimum Gasteiger partial charge on any atom is -0.497 e. The Morgan fingerprint density at radius 2 is 1.59 bits per heavy atom. The van der Waals surface area contributed by atoms with Gasteiger partial charge in [-0.25, -0.2) is 10.2 Å². The molecule has 0 fully saturated rings. The Bertz CT molecular complexity index is 1170. The Balaban J connectivity index is 1.52. The highest BCUT2D eigenvalue weighted by Crippen LogP contribution is 2.17. The van der Waals surface area contributed by atoms with E-state index in [4.69, 9.17) is 14.2 Å². The monoisotopic (exact) mass is 461 g/mol. The standard InChI is InChI=1S/C25H23N3O6/c1-3-33-21-13-9-19(10-14-21)27-23(29)24(30)28-26-16-17-5-4-6-22(15-17)34-25(31)18-7-11-20(32-2)12-8-18/h4-16H,3H2,1-2H3,(H,27,29)(H,28,30)/b26-16+. The average molecular weight is 461 g/mol. The number of rotatable bonds is 8. The van der Waals surface area contributed by atoms with Gasteiger partial charge in [0.05, 0.1) is 25.5 Å². The molecule has 0 aliphatic rings. The molecule has 2 N–H and O–H groups in total. The van der Waals surface area contributed by atoms with Crippen LogP contribution < -0.4 is 25.0 Å². The van der Waals surface area contributed by atoms with Gasteiger partial charge in [-0.1, -0.05) is 12.1 Å². The van der Waals surface area contributed by atoms with Crippen LogP contribution in [0.3, 0.4) is 0 Å². The first-order valence-electron chi connectivity index (χ1n) is 10.3. The molecule has 9 heteroatoms. The number of hydrogen-bond donors (Lipinski definition) is 2. The zero-order valence-electron chi connectivity index (χ0n) is 18.6. The number of amides is 2. The van der Waals surface area contributed by atoms with Crippen LogP contribution in [-0.2, 0) is 9.59 Å². The number of benzene rings is 3. The van der Waals surface area contributed by atoms with Crippen LogP contribution in [0.5, 0.6) is 17.2 Å². The van der Waals surface area contributed by atoms with Crippen LogP contribution in [0.25, 0.3) is 0 Å². The second kappa shape index (κ2) is 11.8. The van der Waals surface area contributed by atoms with Gasteiger partial charge in [0.25, 0.3) is 0 Å². The normalized spacial score (nSPS) is 10.4. The molecule has 0 saturated carbocycles. The van der Waals surface area contributed by atoms with Crippen LogP contribution in [-0.4, -0.2) is 37.7 Å². The van der Waals surface area contributed by atoms with Gasteiger partial charge < -0.3 is 19.5 Å². The summed E-state index contributed by atoms with van der Waals surface area (Å²) in [4.78, 5) is 36.3. The highest BCUT2D eigenvalue weighted by atomic mass is 16.5. The van der Waals surface area contributed by atoms with E-state index in [9.17, 15) is 14.4 Å². The minimum atomic E-state index is -0.938. The van der Waals surface area contributed by atoms with Gasteiger partial charge in [-0.3, -0.25) is 9.59 Å². The molecule has 3 aromatic carbocycles. The van der Waals surface area contributed by atoms with Gasteiger partial charge in [0.1, 0.15) is 17.2 Å². The third-order valence-electron chi connectivity index (χ3n) is 4.40. The summed E-state index contributed by atoms with van der Waals surface area (Å²) >= 11 is 0. The number of carbonyl (C=O) groups is 3. The number of nitrogens with zero attached hydrogens (tertiary/aromatic N) is 1. The van der Waals surface area contributed by atoms with Crippen LogP contribution >= 0.6 is 0 Å². The maximum atomic E-state index is 12.3. The summed E-state index contributed by atoms with van der Waals surface area (Å²) in [6.07, 6.45) is 1.33. The summed E-state index contributed by atoms with van der Waals surface area (Å²) in [5.41, 5.74) is 3.51. The van der Waals surface area contributed by atoms with Crippen LogP contribution in [0, 0.1) is 0 Å². The van der Waals surface area contributed by atoms with Gasteiger partial charge in [0.15, 0.2) is 0 Å². The third kappa shape index (κ3) is 6.92. The molecule has 9 nitrogen and oxygen atoms in total. The lowest BCUT2D eigenvalue weighted by Gasteiger charge is -2.06. The Morgan fingerprint density at radius 3 is 2.26 bits per heavy atom. The first-order chi connectivity index (χ1) is 16.5. The van der Waals surface area contributed by atoms with Crippen molar-refractivity contribution < 1.29 is 28.6 Å². The average Bonchev–Trinajstić information content (AvgIpc) is 2.85. The van der Waals surface area contributed by atoms with Gasteiger partial charge in [0, 0.05) is 5.69 Å². The fourth-order valence-corrected chi connectivity index (χ4v) is 2.76. The predicted octanol–water partition coefficient (Wildman–Crippen LogP) is 3.40. The fraction of sp³-hybridized carbons (Fsp3) is 0.120. The van der Waals surface area contributed by atoms with Gasteiger partial charge >= 0.3 is 17.8 Å². The maximum Gasteiger partial charge on any atom is 0.343 e. The lowest BCUT2D eigenvalue weighted by Crippen LogP contribution is -2.32. The number of methoxy groups -OCH3 is 1. The smallest absolute Gasteiger partial charge is 0.343 e. The molecular weight excluding hydrogens is 438 g/mol. The zero-order valence-corrected chi connectivity index (χ0v) is 18.6. The molecule has 34 heavy (non-hydrogen) atoms. The fourth-order valence-electron chi connectivity index (χ4n) is 2.76. The van der Waals surface area contributed by atoms with Gasteiger partial charge in [-0.2, -0.15) is 5.10 Å². The Kier molecular flexibility index (Phi) is 8.34. The Labute approximate surface area is 196 Å². The van der Waals surface area contributed by atoms with Crippen molar-refractivity contribution in [2.75, 3.05) is 19.0 Å².